The maximum atomic E-state index is 14.4. The predicted octanol–water partition coefficient (Wildman–Crippen LogP) is 2.70. The molecule has 2 heterocycles. The summed E-state index contributed by atoms with van der Waals surface area (Å²) in [6, 6.07) is 10.1. The lowest BCUT2D eigenvalue weighted by atomic mass is 10.1. The Labute approximate surface area is 190 Å². The molecule has 3 aromatic rings. The minimum absolute atomic E-state index is 0.0178. The monoisotopic (exact) mass is 457 g/mol. The minimum Gasteiger partial charge on any atom is -0.496 e. The second-order valence-corrected chi connectivity index (χ2v) is 6.94. The van der Waals surface area contributed by atoms with E-state index in [1.165, 1.54) is 43.6 Å². The third-order valence-electron chi connectivity index (χ3n) is 4.97. The van der Waals surface area contributed by atoms with Crippen LogP contribution in [0.5, 0.6) is 5.75 Å². The molecule has 0 aliphatic carbocycles. The number of rotatable bonds is 5. The summed E-state index contributed by atoms with van der Waals surface area (Å²) in [6.07, 6.45) is 1.37. The SMILES string of the molecule is CO.COc1cccc(F)c1-c1nccc(C(=O)Nc2cc(F)ccc2N2CCNCC2)n1. The van der Waals surface area contributed by atoms with Crippen LogP contribution in [-0.2, 0) is 0 Å². The highest BCUT2D eigenvalue weighted by Crippen LogP contribution is 2.31. The number of aliphatic hydroxyl groups is 1. The molecule has 0 spiro atoms. The molecule has 0 saturated carbocycles. The van der Waals surface area contributed by atoms with E-state index in [0.717, 1.165) is 39.0 Å². The van der Waals surface area contributed by atoms with Crippen molar-refractivity contribution >= 4 is 17.3 Å². The van der Waals surface area contributed by atoms with Crippen LogP contribution >= 0.6 is 0 Å². The lowest BCUT2D eigenvalue weighted by molar-refractivity contribution is 0.102. The normalized spacial score (nSPS) is 13.1. The van der Waals surface area contributed by atoms with Crippen LogP contribution in [0.3, 0.4) is 0 Å². The van der Waals surface area contributed by atoms with Crippen molar-refractivity contribution in [2.75, 3.05) is 50.6 Å². The molecule has 174 valence electrons. The van der Waals surface area contributed by atoms with E-state index >= 15 is 0 Å². The average molecular weight is 457 g/mol. The third-order valence-corrected chi connectivity index (χ3v) is 4.97. The van der Waals surface area contributed by atoms with Crippen molar-refractivity contribution in [3.8, 4) is 17.1 Å². The summed E-state index contributed by atoms with van der Waals surface area (Å²) in [6.45, 7) is 3.06. The summed E-state index contributed by atoms with van der Waals surface area (Å²) < 4.78 is 33.5. The van der Waals surface area contributed by atoms with Crippen LogP contribution in [0.25, 0.3) is 11.4 Å². The van der Waals surface area contributed by atoms with Crippen LogP contribution in [0.4, 0.5) is 20.2 Å². The number of carbonyl (C=O) groups is 1. The van der Waals surface area contributed by atoms with Crippen LogP contribution in [0, 0.1) is 11.6 Å². The van der Waals surface area contributed by atoms with Gasteiger partial charge < -0.3 is 25.4 Å². The molecular weight excluding hydrogens is 432 g/mol. The Hall–Kier alpha value is -3.63. The molecule has 4 rings (SSSR count). The zero-order chi connectivity index (χ0) is 23.8. The molecule has 0 atom stereocenters. The number of piperazine rings is 1. The van der Waals surface area contributed by atoms with Gasteiger partial charge in [0.1, 0.15) is 23.1 Å². The number of benzene rings is 2. The van der Waals surface area contributed by atoms with Gasteiger partial charge in [0, 0.05) is 39.5 Å². The molecule has 1 amide bonds. The van der Waals surface area contributed by atoms with Gasteiger partial charge in [-0.05, 0) is 36.4 Å². The van der Waals surface area contributed by atoms with E-state index in [0.29, 0.717) is 5.69 Å². The first kappa shape index (κ1) is 24.0. The van der Waals surface area contributed by atoms with Gasteiger partial charge in [0.25, 0.3) is 5.91 Å². The number of nitrogens with one attached hydrogen (secondary N) is 2. The van der Waals surface area contributed by atoms with E-state index in [4.69, 9.17) is 9.84 Å². The Balaban J connectivity index is 0.00000149. The van der Waals surface area contributed by atoms with Crippen LogP contribution in [0.1, 0.15) is 10.5 Å². The Morgan fingerprint density at radius 3 is 2.64 bits per heavy atom. The fourth-order valence-corrected chi connectivity index (χ4v) is 3.47. The van der Waals surface area contributed by atoms with Gasteiger partial charge in [-0.3, -0.25) is 4.79 Å². The van der Waals surface area contributed by atoms with Gasteiger partial charge in [0.15, 0.2) is 5.82 Å². The predicted molar refractivity (Wildman–Crippen MR) is 122 cm³/mol. The molecule has 1 saturated heterocycles. The number of anilines is 2. The van der Waals surface area contributed by atoms with Gasteiger partial charge in [0.2, 0.25) is 0 Å². The number of carbonyl (C=O) groups excluding carboxylic acids is 1. The molecule has 10 heteroatoms. The van der Waals surface area contributed by atoms with E-state index in [2.05, 4.69) is 25.5 Å². The molecule has 2 aromatic carbocycles. The summed E-state index contributed by atoms with van der Waals surface area (Å²) >= 11 is 0. The van der Waals surface area contributed by atoms with E-state index in [1.807, 2.05) is 0 Å². The Morgan fingerprint density at radius 2 is 1.91 bits per heavy atom. The van der Waals surface area contributed by atoms with Crippen LogP contribution in [0.2, 0.25) is 0 Å². The van der Waals surface area contributed by atoms with Crippen molar-refractivity contribution in [2.24, 2.45) is 0 Å². The van der Waals surface area contributed by atoms with Crippen molar-refractivity contribution in [1.82, 2.24) is 15.3 Å². The molecule has 1 aliphatic rings. The number of ether oxygens (including phenoxy) is 1. The highest BCUT2D eigenvalue weighted by molar-refractivity contribution is 6.04. The number of nitrogens with zero attached hydrogens (tertiary/aromatic N) is 3. The first-order valence-electron chi connectivity index (χ1n) is 10.2. The number of aliphatic hydroxyl groups excluding tert-OH is 1. The van der Waals surface area contributed by atoms with Crippen molar-refractivity contribution in [3.63, 3.8) is 0 Å². The van der Waals surface area contributed by atoms with Gasteiger partial charge in [-0.15, -0.1) is 0 Å². The Bertz CT molecular complexity index is 1110. The molecule has 3 N–H and O–H groups in total. The number of aromatic nitrogens is 2. The van der Waals surface area contributed by atoms with Crippen molar-refractivity contribution in [1.29, 1.82) is 0 Å². The smallest absolute Gasteiger partial charge is 0.274 e. The lowest BCUT2D eigenvalue weighted by Crippen LogP contribution is -2.43. The van der Waals surface area contributed by atoms with Crippen molar-refractivity contribution in [2.45, 2.75) is 0 Å². The second kappa shape index (κ2) is 11.3. The molecule has 0 bridgehead atoms. The number of methoxy groups -OCH3 is 1. The topological polar surface area (TPSA) is 99.6 Å². The molecule has 1 fully saturated rings. The number of halogens is 2. The maximum Gasteiger partial charge on any atom is 0.274 e. The Morgan fingerprint density at radius 1 is 1.15 bits per heavy atom. The third kappa shape index (κ3) is 5.60. The summed E-state index contributed by atoms with van der Waals surface area (Å²) in [4.78, 5) is 23.3. The summed E-state index contributed by atoms with van der Waals surface area (Å²) in [5.74, 6) is -1.31. The number of amides is 1. The standard InChI is InChI=1S/C22H21F2N5O2.CH4O/c1-31-19-4-2-3-15(24)20(19)21-26-8-7-16(27-21)22(30)28-17-13-14(23)5-6-18(17)29-11-9-25-10-12-29;1-2/h2-8,13,25H,9-12H2,1H3,(H,28,30);2H,1H3. The maximum absolute atomic E-state index is 14.4. The van der Waals surface area contributed by atoms with E-state index in [1.54, 1.807) is 12.1 Å². The number of hydrogen-bond acceptors (Lipinski definition) is 7. The fraction of sp³-hybridized carbons (Fsp3) is 0.261. The van der Waals surface area contributed by atoms with Gasteiger partial charge >= 0.3 is 0 Å². The Kier molecular flexibility index (Phi) is 8.22. The molecule has 33 heavy (non-hydrogen) atoms. The number of hydrogen-bond donors (Lipinski definition) is 3. The average Bonchev–Trinajstić information content (AvgIpc) is 2.85. The largest absolute Gasteiger partial charge is 0.496 e. The zero-order valence-electron chi connectivity index (χ0n) is 18.3. The highest BCUT2D eigenvalue weighted by atomic mass is 19.1. The second-order valence-electron chi connectivity index (χ2n) is 6.94. The first-order valence-corrected chi connectivity index (χ1v) is 10.2. The first-order chi connectivity index (χ1) is 16.1. The molecule has 1 aromatic heterocycles. The van der Waals surface area contributed by atoms with Crippen molar-refractivity contribution < 1.29 is 23.4 Å². The van der Waals surface area contributed by atoms with Gasteiger partial charge in [-0.2, -0.15) is 0 Å². The summed E-state index contributed by atoms with van der Waals surface area (Å²) in [5.41, 5.74) is 1.15. The lowest BCUT2D eigenvalue weighted by Gasteiger charge is -2.31. The van der Waals surface area contributed by atoms with Crippen molar-refractivity contribution in [3.05, 3.63) is 66.0 Å². The van der Waals surface area contributed by atoms with E-state index in [9.17, 15) is 13.6 Å². The van der Waals surface area contributed by atoms with Crippen LogP contribution in [0.15, 0.2) is 48.7 Å². The molecular formula is C23H25F2N5O3. The van der Waals surface area contributed by atoms with Gasteiger partial charge in [0.05, 0.1) is 24.0 Å². The van der Waals surface area contributed by atoms with E-state index in [-0.39, 0.29) is 22.8 Å². The molecule has 0 radical (unpaired) electrons. The highest BCUT2D eigenvalue weighted by Gasteiger charge is 2.20. The molecule has 8 nitrogen and oxygen atoms in total. The van der Waals surface area contributed by atoms with E-state index < -0.39 is 17.5 Å². The zero-order valence-corrected chi connectivity index (χ0v) is 18.3. The fourth-order valence-electron chi connectivity index (χ4n) is 3.47. The van der Waals surface area contributed by atoms with Gasteiger partial charge in [-0.1, -0.05) is 6.07 Å². The minimum atomic E-state index is -0.567. The van der Waals surface area contributed by atoms with Crippen LogP contribution in [-0.4, -0.2) is 61.4 Å². The quantitative estimate of drug-likeness (QED) is 0.542. The van der Waals surface area contributed by atoms with Gasteiger partial charge in [-0.25, -0.2) is 18.7 Å². The molecule has 0 unspecified atom stereocenters. The summed E-state index contributed by atoms with van der Waals surface area (Å²) in [5, 5.41) is 13.0. The van der Waals surface area contributed by atoms with Crippen LogP contribution < -0.4 is 20.3 Å². The molecule has 1 aliphatic heterocycles. The summed E-state index contributed by atoms with van der Waals surface area (Å²) in [7, 11) is 2.41.